The Morgan fingerprint density at radius 1 is 1.43 bits per heavy atom. The molecule has 1 N–H and O–H groups in total. The van der Waals surface area contributed by atoms with Crippen LogP contribution in [0.3, 0.4) is 0 Å². The van der Waals surface area contributed by atoms with Crippen LogP contribution in [0.25, 0.3) is 0 Å². The van der Waals surface area contributed by atoms with Gasteiger partial charge in [0.25, 0.3) is 0 Å². The predicted molar refractivity (Wildman–Crippen MR) is 25.6 cm³/mol. The van der Waals surface area contributed by atoms with Gasteiger partial charge in [-0.2, -0.15) is 0 Å². The van der Waals surface area contributed by atoms with Gasteiger partial charge in [0.05, 0.1) is 0 Å². The fraction of sp³-hybridized carbons (Fsp3) is 0.333. The molecule has 0 amide bonds. The summed E-state index contributed by atoms with van der Waals surface area (Å²) in [6.45, 7) is 1.00. The Labute approximate surface area is 46.7 Å². The third-order valence-corrected chi connectivity index (χ3v) is 0.301. The van der Waals surface area contributed by atoms with Gasteiger partial charge in [0, 0.05) is 6.92 Å². The van der Waals surface area contributed by atoms with Gasteiger partial charge >= 0.3 is 5.97 Å². The van der Waals surface area contributed by atoms with Crippen molar-refractivity contribution in [1.29, 1.82) is 0 Å². The molecule has 0 aliphatic heterocycles. The second-order valence-corrected chi connectivity index (χ2v) is 0.861. The number of carboxylic acids is 1. The fourth-order valence-corrected chi connectivity index (χ4v) is 0. The third-order valence-electron chi connectivity index (χ3n) is 0.301. The number of hydrogen-bond donors (Lipinski definition) is 1. The molecule has 0 aromatic rings. The van der Waals surface area contributed by atoms with Crippen LogP contribution in [0.15, 0.2) is 0 Å². The number of carboxylic acid groups (broad SMARTS) is 1. The van der Waals surface area contributed by atoms with Crippen molar-refractivity contribution in [3.63, 3.8) is 0 Å². The van der Waals surface area contributed by atoms with E-state index in [0.717, 1.165) is 6.92 Å². The zero-order chi connectivity index (χ0) is 5.15. The van der Waals surface area contributed by atoms with Crippen molar-refractivity contribution in [2.45, 2.75) is 6.92 Å². The van der Waals surface area contributed by atoms with E-state index in [1.165, 1.54) is 0 Å². The molecule has 0 aliphatic carbocycles. The largest absolute Gasteiger partial charge is 0.476 e. The summed E-state index contributed by atoms with van der Waals surface area (Å²) in [6.07, 6.45) is 0. The zero-order valence-electron chi connectivity index (χ0n) is 3.67. The van der Waals surface area contributed by atoms with E-state index in [4.69, 9.17) is 5.11 Å². The molecule has 0 radical (unpaired) electrons. The van der Waals surface area contributed by atoms with Crippen molar-refractivity contribution < 1.29 is 14.7 Å². The van der Waals surface area contributed by atoms with E-state index in [9.17, 15) is 9.59 Å². The molecule has 7 heavy (non-hydrogen) atoms. The van der Waals surface area contributed by atoms with Crippen molar-refractivity contribution in [3.8, 4) is 0 Å². The SMILES string of the molecule is CC(=O)C(=O)O.Cl. The molecule has 3 nitrogen and oxygen atoms in total. The van der Waals surface area contributed by atoms with Crippen LogP contribution in [0, 0.1) is 0 Å². The Balaban J connectivity index is 0. The van der Waals surface area contributed by atoms with Crippen molar-refractivity contribution in [1.82, 2.24) is 0 Å². The third kappa shape index (κ3) is 5.43. The average Bonchev–Trinajstić information content (AvgIpc) is 1.36. The standard InChI is InChI=1S/C3H4O3.ClH/c1-2(4)3(5)6;/h1H3,(H,5,6);1H. The number of carbonyl (C=O) groups is 2. The van der Waals surface area contributed by atoms with E-state index >= 15 is 0 Å². The number of rotatable bonds is 1. The maximum Gasteiger partial charge on any atom is 0.371 e. The van der Waals surface area contributed by atoms with Gasteiger partial charge in [0.2, 0.25) is 5.78 Å². The van der Waals surface area contributed by atoms with Gasteiger partial charge in [-0.1, -0.05) is 0 Å². The summed E-state index contributed by atoms with van der Waals surface area (Å²) < 4.78 is 0. The predicted octanol–water partition coefficient (Wildman–Crippen LogP) is 0.0818. The second-order valence-electron chi connectivity index (χ2n) is 0.861. The summed E-state index contributed by atoms with van der Waals surface area (Å²) >= 11 is 0. The maximum absolute atomic E-state index is 9.54. The highest BCUT2D eigenvalue weighted by molar-refractivity contribution is 6.31. The number of halogens is 1. The molecule has 0 saturated heterocycles. The number of Topliss-reactive ketones (excluding diaryl/α,β-unsaturated/α-hetero) is 1. The molecule has 42 valence electrons. The fourth-order valence-electron chi connectivity index (χ4n) is 0. The second kappa shape index (κ2) is 3.61. The summed E-state index contributed by atoms with van der Waals surface area (Å²) in [5.74, 6) is -2.20. The Kier molecular flexibility index (Phi) is 4.99. The van der Waals surface area contributed by atoms with E-state index in [-0.39, 0.29) is 12.4 Å². The van der Waals surface area contributed by atoms with Crippen LogP contribution >= 0.6 is 12.4 Å². The molecular weight excluding hydrogens is 119 g/mol. The van der Waals surface area contributed by atoms with Gasteiger partial charge in [-0.25, -0.2) is 4.79 Å². The first-order chi connectivity index (χ1) is 2.64. The summed E-state index contributed by atoms with van der Waals surface area (Å²) in [5, 5.41) is 7.64. The van der Waals surface area contributed by atoms with E-state index in [0.29, 0.717) is 0 Å². The monoisotopic (exact) mass is 124 g/mol. The lowest BCUT2D eigenvalue weighted by Crippen LogP contribution is -2.05. The smallest absolute Gasteiger partial charge is 0.371 e. The van der Waals surface area contributed by atoms with E-state index in [1.807, 2.05) is 0 Å². The van der Waals surface area contributed by atoms with Crippen molar-refractivity contribution in [2.75, 3.05) is 0 Å². The zero-order valence-corrected chi connectivity index (χ0v) is 4.49. The minimum absolute atomic E-state index is 0. The normalized spacial score (nSPS) is 6.43. The van der Waals surface area contributed by atoms with Crippen molar-refractivity contribution in [3.05, 3.63) is 0 Å². The number of hydrogen-bond acceptors (Lipinski definition) is 2. The highest BCUT2D eigenvalue weighted by Crippen LogP contribution is 1.61. The van der Waals surface area contributed by atoms with Gasteiger partial charge in [-0.3, -0.25) is 4.79 Å². The molecule has 0 spiro atoms. The molecule has 0 bridgehead atoms. The van der Waals surface area contributed by atoms with E-state index in [1.54, 1.807) is 0 Å². The molecule has 0 rings (SSSR count). The van der Waals surface area contributed by atoms with Gasteiger partial charge in [0.1, 0.15) is 0 Å². The molecule has 0 aromatic heterocycles. The van der Waals surface area contributed by atoms with Crippen LogP contribution in [0.2, 0.25) is 0 Å². The van der Waals surface area contributed by atoms with Gasteiger partial charge in [0.15, 0.2) is 0 Å². The molecule has 0 atom stereocenters. The number of carbonyl (C=O) groups excluding carboxylic acids is 1. The van der Waals surface area contributed by atoms with Crippen LogP contribution in [0.4, 0.5) is 0 Å². The molecular formula is C3H5ClO3. The molecule has 0 fully saturated rings. The quantitative estimate of drug-likeness (QED) is 0.504. The minimum atomic E-state index is -1.38. The molecule has 0 aliphatic rings. The Bertz CT molecular complexity index is 76.2. The summed E-state index contributed by atoms with van der Waals surface area (Å²) in [4.78, 5) is 18.9. The van der Waals surface area contributed by atoms with Gasteiger partial charge in [-0.15, -0.1) is 12.4 Å². The van der Waals surface area contributed by atoms with Crippen LogP contribution in [0.1, 0.15) is 6.92 Å². The topological polar surface area (TPSA) is 54.4 Å². The van der Waals surface area contributed by atoms with E-state index < -0.39 is 11.8 Å². The van der Waals surface area contributed by atoms with Crippen LogP contribution in [0.5, 0.6) is 0 Å². The molecule has 0 aromatic carbocycles. The summed E-state index contributed by atoms with van der Waals surface area (Å²) in [5.41, 5.74) is 0. The van der Waals surface area contributed by atoms with Gasteiger partial charge in [-0.05, 0) is 0 Å². The minimum Gasteiger partial charge on any atom is -0.476 e. The molecule has 0 unspecified atom stereocenters. The Morgan fingerprint density at radius 3 is 1.57 bits per heavy atom. The van der Waals surface area contributed by atoms with E-state index in [2.05, 4.69) is 0 Å². The van der Waals surface area contributed by atoms with Gasteiger partial charge < -0.3 is 5.11 Å². The van der Waals surface area contributed by atoms with Crippen molar-refractivity contribution >= 4 is 24.2 Å². The lowest BCUT2D eigenvalue weighted by atomic mass is 10.5. The molecule has 4 heteroatoms. The van der Waals surface area contributed by atoms with Crippen LogP contribution < -0.4 is 0 Å². The number of ketones is 1. The first-order valence-electron chi connectivity index (χ1n) is 1.38. The first-order valence-corrected chi connectivity index (χ1v) is 1.38. The Hall–Kier alpha value is -0.570. The summed E-state index contributed by atoms with van der Waals surface area (Å²) in [7, 11) is 0. The molecule has 0 saturated carbocycles. The van der Waals surface area contributed by atoms with Crippen LogP contribution in [-0.4, -0.2) is 16.9 Å². The van der Waals surface area contributed by atoms with Crippen LogP contribution in [-0.2, 0) is 9.59 Å². The maximum atomic E-state index is 9.54. The number of aliphatic carboxylic acids is 1. The first kappa shape index (κ1) is 9.66. The highest BCUT2D eigenvalue weighted by Gasteiger charge is 1.98. The lowest BCUT2D eigenvalue weighted by molar-refractivity contribution is -0.148. The lowest BCUT2D eigenvalue weighted by Gasteiger charge is -1.73. The average molecular weight is 125 g/mol. The van der Waals surface area contributed by atoms with Crippen molar-refractivity contribution in [2.24, 2.45) is 0 Å². The highest BCUT2D eigenvalue weighted by atomic mass is 35.5. The Morgan fingerprint density at radius 2 is 1.57 bits per heavy atom. The molecule has 0 heterocycles. The summed E-state index contributed by atoms with van der Waals surface area (Å²) in [6, 6.07) is 0.